The Labute approximate surface area is 70.3 Å². The molecule has 0 atom stereocenters. The number of ether oxygens (including phenoxy) is 1. The lowest BCUT2D eigenvalue weighted by Crippen LogP contribution is -1.97. The van der Waals surface area contributed by atoms with Gasteiger partial charge in [0.15, 0.2) is 0 Å². The molecule has 0 bridgehead atoms. The minimum atomic E-state index is -0.319. The Bertz CT molecular complexity index is 267. The first-order chi connectivity index (χ1) is 5.72. The van der Waals surface area contributed by atoms with E-state index in [0.29, 0.717) is 18.1 Å². The molecule has 12 heavy (non-hydrogen) atoms. The number of nitrogens with two attached hydrogens (primary N) is 1. The van der Waals surface area contributed by atoms with Crippen molar-refractivity contribution in [2.45, 2.75) is 20.1 Å². The van der Waals surface area contributed by atoms with Crippen molar-refractivity contribution in [2.75, 3.05) is 0 Å². The van der Waals surface area contributed by atoms with Crippen LogP contribution in [-0.2, 0) is 22.7 Å². The molecular weight excluding hydrogens is 158 g/mol. The smallest absolute Gasteiger partial charge is 0.303 e. The van der Waals surface area contributed by atoms with Gasteiger partial charge in [0.1, 0.15) is 18.1 Å². The highest BCUT2D eigenvalue weighted by atomic mass is 16.5. The second-order valence-corrected chi connectivity index (χ2v) is 2.35. The molecule has 0 unspecified atom stereocenters. The third-order valence-corrected chi connectivity index (χ3v) is 1.34. The molecule has 0 radical (unpaired) electrons. The molecule has 1 heterocycles. The van der Waals surface area contributed by atoms with E-state index in [1.807, 2.05) is 0 Å². The quantitative estimate of drug-likeness (QED) is 0.680. The van der Waals surface area contributed by atoms with Crippen molar-refractivity contribution in [3.63, 3.8) is 0 Å². The lowest BCUT2D eigenvalue weighted by Gasteiger charge is -1.96. The van der Waals surface area contributed by atoms with Crippen LogP contribution in [0.4, 0.5) is 0 Å². The van der Waals surface area contributed by atoms with Gasteiger partial charge in [0.05, 0.1) is 6.54 Å². The van der Waals surface area contributed by atoms with Gasteiger partial charge in [-0.2, -0.15) is 0 Å². The second kappa shape index (κ2) is 3.92. The molecule has 4 nitrogen and oxygen atoms in total. The average molecular weight is 169 g/mol. The van der Waals surface area contributed by atoms with Gasteiger partial charge in [-0.25, -0.2) is 0 Å². The van der Waals surface area contributed by atoms with Crippen LogP contribution in [0.1, 0.15) is 18.4 Å². The van der Waals surface area contributed by atoms with E-state index in [1.165, 1.54) is 6.92 Å². The summed E-state index contributed by atoms with van der Waals surface area (Å²) >= 11 is 0. The highest BCUT2D eigenvalue weighted by Crippen LogP contribution is 2.07. The molecule has 0 spiro atoms. The monoisotopic (exact) mass is 169 g/mol. The molecule has 66 valence electrons. The summed E-state index contributed by atoms with van der Waals surface area (Å²) in [4.78, 5) is 10.4. The fourth-order valence-electron chi connectivity index (χ4n) is 0.782. The molecule has 0 saturated carbocycles. The van der Waals surface area contributed by atoms with Crippen LogP contribution >= 0.6 is 0 Å². The maximum absolute atomic E-state index is 10.4. The summed E-state index contributed by atoms with van der Waals surface area (Å²) in [6, 6.07) is 3.50. The van der Waals surface area contributed by atoms with E-state index in [-0.39, 0.29) is 12.6 Å². The van der Waals surface area contributed by atoms with Crippen molar-refractivity contribution in [3.05, 3.63) is 23.7 Å². The summed E-state index contributed by atoms with van der Waals surface area (Å²) in [5.74, 6) is 0.989. The number of hydrogen-bond acceptors (Lipinski definition) is 4. The van der Waals surface area contributed by atoms with Crippen LogP contribution in [0.5, 0.6) is 0 Å². The zero-order chi connectivity index (χ0) is 8.97. The van der Waals surface area contributed by atoms with Crippen LogP contribution in [0, 0.1) is 0 Å². The van der Waals surface area contributed by atoms with E-state index >= 15 is 0 Å². The Hall–Kier alpha value is -1.29. The maximum atomic E-state index is 10.4. The number of furan rings is 1. The van der Waals surface area contributed by atoms with Crippen LogP contribution in [0.2, 0.25) is 0 Å². The molecule has 1 rings (SSSR count). The van der Waals surface area contributed by atoms with Gasteiger partial charge in [0.25, 0.3) is 0 Å². The van der Waals surface area contributed by atoms with Crippen molar-refractivity contribution < 1.29 is 13.9 Å². The van der Waals surface area contributed by atoms with Crippen LogP contribution in [-0.4, -0.2) is 5.97 Å². The van der Waals surface area contributed by atoms with Gasteiger partial charge >= 0.3 is 5.97 Å². The first-order valence-corrected chi connectivity index (χ1v) is 3.63. The molecule has 2 N–H and O–H groups in total. The van der Waals surface area contributed by atoms with Gasteiger partial charge in [-0.3, -0.25) is 4.79 Å². The lowest BCUT2D eigenvalue weighted by molar-refractivity contribution is -0.142. The SMILES string of the molecule is CC(=O)OCc1ccc(CN)o1. The largest absolute Gasteiger partial charge is 0.461 e. The van der Waals surface area contributed by atoms with Crippen LogP contribution in [0.3, 0.4) is 0 Å². The van der Waals surface area contributed by atoms with Crippen LogP contribution < -0.4 is 5.73 Å². The Morgan fingerprint density at radius 2 is 2.25 bits per heavy atom. The predicted octanol–water partition coefficient (Wildman–Crippen LogP) is 0.801. The molecule has 0 aliphatic heterocycles. The summed E-state index contributed by atoms with van der Waals surface area (Å²) in [6.45, 7) is 1.89. The molecule has 0 amide bonds. The highest BCUT2D eigenvalue weighted by molar-refractivity contribution is 5.65. The molecule has 0 aliphatic rings. The normalized spacial score (nSPS) is 9.83. The molecule has 0 aliphatic carbocycles. The number of carbonyl (C=O) groups is 1. The van der Waals surface area contributed by atoms with E-state index in [2.05, 4.69) is 0 Å². The molecular formula is C8H11NO3. The van der Waals surface area contributed by atoms with Crippen molar-refractivity contribution in [2.24, 2.45) is 5.73 Å². The number of hydrogen-bond donors (Lipinski definition) is 1. The topological polar surface area (TPSA) is 65.5 Å². The van der Waals surface area contributed by atoms with Crippen molar-refractivity contribution >= 4 is 5.97 Å². The van der Waals surface area contributed by atoms with Crippen molar-refractivity contribution in [3.8, 4) is 0 Å². The van der Waals surface area contributed by atoms with E-state index < -0.39 is 0 Å². The van der Waals surface area contributed by atoms with Crippen LogP contribution in [0.25, 0.3) is 0 Å². The maximum Gasteiger partial charge on any atom is 0.303 e. The molecule has 1 aromatic rings. The van der Waals surface area contributed by atoms with E-state index in [1.54, 1.807) is 12.1 Å². The van der Waals surface area contributed by atoms with E-state index in [0.717, 1.165) is 0 Å². The standard InChI is InChI=1S/C8H11NO3/c1-6(10)11-5-8-3-2-7(4-9)12-8/h2-3H,4-5,9H2,1H3. The summed E-state index contributed by atoms with van der Waals surface area (Å²) in [6.07, 6.45) is 0. The van der Waals surface area contributed by atoms with Gasteiger partial charge in [0, 0.05) is 6.92 Å². The Morgan fingerprint density at radius 3 is 2.75 bits per heavy atom. The third-order valence-electron chi connectivity index (χ3n) is 1.34. The first kappa shape index (κ1) is 8.80. The van der Waals surface area contributed by atoms with Gasteiger partial charge in [0.2, 0.25) is 0 Å². The first-order valence-electron chi connectivity index (χ1n) is 3.63. The highest BCUT2D eigenvalue weighted by Gasteiger charge is 2.01. The summed E-state index contributed by atoms with van der Waals surface area (Å²) in [5.41, 5.74) is 5.32. The zero-order valence-corrected chi connectivity index (χ0v) is 6.87. The molecule has 4 heteroatoms. The van der Waals surface area contributed by atoms with Crippen LogP contribution in [0.15, 0.2) is 16.5 Å². The Kier molecular flexibility index (Phi) is 2.88. The van der Waals surface area contributed by atoms with Gasteiger partial charge in [-0.05, 0) is 12.1 Å². The lowest BCUT2D eigenvalue weighted by atomic mass is 10.4. The average Bonchev–Trinajstić information content (AvgIpc) is 2.48. The molecule has 0 saturated heterocycles. The minimum Gasteiger partial charge on any atom is -0.461 e. The van der Waals surface area contributed by atoms with Gasteiger partial charge in [-0.1, -0.05) is 0 Å². The zero-order valence-electron chi connectivity index (χ0n) is 6.87. The fourth-order valence-corrected chi connectivity index (χ4v) is 0.782. The third kappa shape index (κ3) is 2.39. The summed E-state index contributed by atoms with van der Waals surface area (Å²) in [7, 11) is 0. The Morgan fingerprint density at radius 1 is 1.58 bits per heavy atom. The summed E-state index contributed by atoms with van der Waals surface area (Å²) in [5, 5.41) is 0. The molecule has 1 aromatic heterocycles. The number of esters is 1. The predicted molar refractivity (Wildman–Crippen MR) is 42.1 cm³/mol. The molecule has 0 aromatic carbocycles. The minimum absolute atomic E-state index is 0.176. The summed E-state index contributed by atoms with van der Waals surface area (Å²) < 4.78 is 9.89. The number of carbonyl (C=O) groups excluding carboxylic acids is 1. The second-order valence-electron chi connectivity index (χ2n) is 2.35. The van der Waals surface area contributed by atoms with E-state index in [4.69, 9.17) is 14.9 Å². The van der Waals surface area contributed by atoms with E-state index in [9.17, 15) is 4.79 Å². The van der Waals surface area contributed by atoms with Gasteiger partial charge < -0.3 is 14.9 Å². The van der Waals surface area contributed by atoms with Crippen molar-refractivity contribution in [1.82, 2.24) is 0 Å². The Balaban J connectivity index is 2.47. The fraction of sp³-hybridized carbons (Fsp3) is 0.375. The molecule has 0 fully saturated rings. The number of rotatable bonds is 3. The van der Waals surface area contributed by atoms with Gasteiger partial charge in [-0.15, -0.1) is 0 Å². The van der Waals surface area contributed by atoms with Crippen molar-refractivity contribution in [1.29, 1.82) is 0 Å².